The van der Waals surface area contributed by atoms with Crippen molar-refractivity contribution in [2.75, 3.05) is 13.7 Å². The van der Waals surface area contributed by atoms with Gasteiger partial charge in [0.2, 0.25) is 0 Å². The summed E-state index contributed by atoms with van der Waals surface area (Å²) in [5.74, 6) is 5.76. The van der Waals surface area contributed by atoms with Gasteiger partial charge in [0, 0.05) is 7.11 Å². The Morgan fingerprint density at radius 2 is 1.91 bits per heavy atom. The second-order valence-corrected chi connectivity index (χ2v) is 2.58. The third-order valence-corrected chi connectivity index (χ3v) is 0.998. The second kappa shape index (κ2) is 6.21. The highest BCUT2D eigenvalue weighted by Crippen LogP contribution is 1.94. The molecule has 2 nitrogen and oxygen atoms in total. The molecule has 0 aromatic rings. The van der Waals surface area contributed by atoms with E-state index in [2.05, 4.69) is 11.8 Å². The quantitative estimate of drug-likeness (QED) is 0.576. The van der Waals surface area contributed by atoms with Crippen molar-refractivity contribution in [1.29, 1.82) is 0 Å². The predicted molar refractivity (Wildman–Crippen MR) is 45.3 cm³/mol. The van der Waals surface area contributed by atoms with Crippen molar-refractivity contribution in [3.8, 4) is 11.8 Å². The maximum Gasteiger partial charge on any atom is 0.115 e. The van der Waals surface area contributed by atoms with Crippen LogP contribution in [0.25, 0.3) is 0 Å². The van der Waals surface area contributed by atoms with E-state index in [1.54, 1.807) is 7.11 Å². The van der Waals surface area contributed by atoms with E-state index in [9.17, 15) is 0 Å². The lowest BCUT2D eigenvalue weighted by Gasteiger charge is -2.09. The molecule has 0 bridgehead atoms. The third-order valence-electron chi connectivity index (χ3n) is 0.998. The first-order valence-corrected chi connectivity index (χ1v) is 3.79. The fourth-order valence-electron chi connectivity index (χ4n) is 0.700. The summed E-state index contributed by atoms with van der Waals surface area (Å²) in [6.45, 7) is 6.40. The van der Waals surface area contributed by atoms with Crippen molar-refractivity contribution in [2.24, 2.45) is 0 Å². The maximum atomic E-state index is 5.37. The van der Waals surface area contributed by atoms with Crippen molar-refractivity contribution in [2.45, 2.75) is 33.0 Å². The minimum atomic E-state index is 0.00477. The van der Waals surface area contributed by atoms with Gasteiger partial charge in [0.1, 0.15) is 12.7 Å². The Kier molecular flexibility index (Phi) is 5.91. The van der Waals surface area contributed by atoms with Crippen molar-refractivity contribution < 1.29 is 9.47 Å². The van der Waals surface area contributed by atoms with E-state index >= 15 is 0 Å². The van der Waals surface area contributed by atoms with E-state index in [0.717, 1.165) is 0 Å². The van der Waals surface area contributed by atoms with Gasteiger partial charge in [-0.3, -0.25) is 0 Å². The highest BCUT2D eigenvalue weighted by Gasteiger charge is 1.98. The normalized spacial score (nSPS) is 12.5. The summed E-state index contributed by atoms with van der Waals surface area (Å²) >= 11 is 0. The molecule has 0 fully saturated rings. The standard InChI is InChI=1S/C9H16O2/c1-8(2)11-9(3)6-5-7-10-4/h8-9H,7H2,1-4H3. The summed E-state index contributed by atoms with van der Waals surface area (Å²) in [4.78, 5) is 0. The van der Waals surface area contributed by atoms with Crippen LogP contribution < -0.4 is 0 Å². The van der Waals surface area contributed by atoms with Crippen LogP contribution in [0.1, 0.15) is 20.8 Å². The fraction of sp³-hybridized carbons (Fsp3) is 0.778. The summed E-state index contributed by atoms with van der Waals surface area (Å²) < 4.78 is 10.1. The van der Waals surface area contributed by atoms with Gasteiger partial charge in [-0.2, -0.15) is 0 Å². The third kappa shape index (κ3) is 7.38. The van der Waals surface area contributed by atoms with Crippen LogP contribution in [0.4, 0.5) is 0 Å². The van der Waals surface area contributed by atoms with Crippen LogP contribution in [0.3, 0.4) is 0 Å². The molecule has 0 heterocycles. The van der Waals surface area contributed by atoms with E-state index in [1.807, 2.05) is 20.8 Å². The molecule has 0 aliphatic carbocycles. The van der Waals surface area contributed by atoms with Gasteiger partial charge in [-0.25, -0.2) is 0 Å². The molecular formula is C9H16O2. The van der Waals surface area contributed by atoms with Crippen LogP contribution in [0, 0.1) is 11.8 Å². The summed E-state index contributed by atoms with van der Waals surface area (Å²) in [7, 11) is 1.63. The van der Waals surface area contributed by atoms with Crippen molar-refractivity contribution in [3.05, 3.63) is 0 Å². The Morgan fingerprint density at radius 1 is 1.27 bits per heavy atom. The first-order valence-electron chi connectivity index (χ1n) is 3.79. The van der Waals surface area contributed by atoms with Gasteiger partial charge in [0.05, 0.1) is 6.10 Å². The Bertz CT molecular complexity index is 141. The molecule has 0 saturated carbocycles. The first-order chi connectivity index (χ1) is 5.16. The van der Waals surface area contributed by atoms with Gasteiger partial charge in [-0.1, -0.05) is 11.8 Å². The molecule has 0 radical (unpaired) electrons. The zero-order valence-corrected chi connectivity index (χ0v) is 7.68. The molecule has 0 aromatic carbocycles. The van der Waals surface area contributed by atoms with Gasteiger partial charge in [0.15, 0.2) is 0 Å². The Balaban J connectivity index is 3.52. The summed E-state index contributed by atoms with van der Waals surface area (Å²) in [5.41, 5.74) is 0. The molecule has 2 heteroatoms. The van der Waals surface area contributed by atoms with Crippen molar-refractivity contribution in [3.63, 3.8) is 0 Å². The molecule has 1 unspecified atom stereocenters. The summed E-state index contributed by atoms with van der Waals surface area (Å²) in [5, 5.41) is 0. The zero-order valence-electron chi connectivity index (χ0n) is 7.68. The van der Waals surface area contributed by atoms with E-state index in [-0.39, 0.29) is 12.2 Å². The van der Waals surface area contributed by atoms with E-state index in [0.29, 0.717) is 6.61 Å². The van der Waals surface area contributed by atoms with Gasteiger partial charge in [0.25, 0.3) is 0 Å². The first kappa shape index (κ1) is 10.5. The van der Waals surface area contributed by atoms with E-state index < -0.39 is 0 Å². The molecule has 0 rings (SSSR count). The highest BCUT2D eigenvalue weighted by atomic mass is 16.5. The molecule has 64 valence electrons. The maximum absolute atomic E-state index is 5.37. The van der Waals surface area contributed by atoms with E-state index in [1.165, 1.54) is 0 Å². The minimum Gasteiger partial charge on any atom is -0.372 e. The number of methoxy groups -OCH3 is 1. The lowest BCUT2D eigenvalue weighted by molar-refractivity contribution is 0.0512. The van der Waals surface area contributed by atoms with Gasteiger partial charge in [-0.15, -0.1) is 0 Å². The van der Waals surface area contributed by atoms with Crippen LogP contribution in [-0.2, 0) is 9.47 Å². The van der Waals surface area contributed by atoms with Crippen LogP contribution >= 0.6 is 0 Å². The molecule has 0 aliphatic rings. The van der Waals surface area contributed by atoms with Gasteiger partial charge < -0.3 is 9.47 Å². The minimum absolute atomic E-state index is 0.00477. The lowest BCUT2D eigenvalue weighted by Crippen LogP contribution is -2.11. The fourth-order valence-corrected chi connectivity index (χ4v) is 0.700. The smallest absolute Gasteiger partial charge is 0.115 e. The molecule has 11 heavy (non-hydrogen) atoms. The Labute approximate surface area is 68.9 Å². The molecular weight excluding hydrogens is 140 g/mol. The molecule has 0 aromatic heterocycles. The highest BCUT2D eigenvalue weighted by molar-refractivity contribution is 5.03. The Morgan fingerprint density at radius 3 is 2.36 bits per heavy atom. The molecule has 0 spiro atoms. The topological polar surface area (TPSA) is 18.5 Å². The molecule has 0 saturated heterocycles. The predicted octanol–water partition coefficient (Wildman–Crippen LogP) is 1.45. The number of rotatable bonds is 3. The van der Waals surface area contributed by atoms with Crippen molar-refractivity contribution >= 4 is 0 Å². The van der Waals surface area contributed by atoms with Gasteiger partial charge in [-0.05, 0) is 20.8 Å². The molecule has 0 amide bonds. The second-order valence-electron chi connectivity index (χ2n) is 2.58. The molecule has 1 atom stereocenters. The lowest BCUT2D eigenvalue weighted by atomic mass is 10.4. The van der Waals surface area contributed by atoms with Crippen LogP contribution in [0.2, 0.25) is 0 Å². The Hall–Kier alpha value is -0.520. The average molecular weight is 156 g/mol. The zero-order chi connectivity index (χ0) is 8.69. The molecule has 0 aliphatic heterocycles. The van der Waals surface area contributed by atoms with Crippen LogP contribution in [0.5, 0.6) is 0 Å². The monoisotopic (exact) mass is 156 g/mol. The largest absolute Gasteiger partial charge is 0.372 e. The van der Waals surface area contributed by atoms with Gasteiger partial charge >= 0.3 is 0 Å². The van der Waals surface area contributed by atoms with E-state index in [4.69, 9.17) is 9.47 Å². The number of hydrogen-bond acceptors (Lipinski definition) is 2. The number of ether oxygens (including phenoxy) is 2. The van der Waals surface area contributed by atoms with Crippen LogP contribution in [-0.4, -0.2) is 25.9 Å². The van der Waals surface area contributed by atoms with Crippen LogP contribution in [0.15, 0.2) is 0 Å². The molecule has 0 N–H and O–H groups in total. The number of hydrogen-bond donors (Lipinski definition) is 0. The summed E-state index contributed by atoms with van der Waals surface area (Å²) in [6.07, 6.45) is 0.243. The van der Waals surface area contributed by atoms with Crippen molar-refractivity contribution in [1.82, 2.24) is 0 Å². The summed E-state index contributed by atoms with van der Waals surface area (Å²) in [6, 6.07) is 0. The average Bonchev–Trinajstić information content (AvgIpc) is 1.86. The SMILES string of the molecule is COCC#CC(C)OC(C)C.